The number of amides is 1. The quantitative estimate of drug-likeness (QED) is 0.810. The lowest BCUT2D eigenvalue weighted by Gasteiger charge is -2.09. The van der Waals surface area contributed by atoms with E-state index >= 15 is 0 Å². The predicted octanol–water partition coefficient (Wildman–Crippen LogP) is 2.78. The second-order valence-electron chi connectivity index (χ2n) is 4.30. The average molecular weight is 306 g/mol. The van der Waals surface area contributed by atoms with Gasteiger partial charge in [-0.1, -0.05) is 23.7 Å². The lowest BCUT2D eigenvalue weighted by atomic mass is 10.1. The molecule has 0 atom stereocenters. The van der Waals surface area contributed by atoms with E-state index < -0.39 is 11.9 Å². The number of carboxylic acid groups (broad SMARTS) is 1. The minimum atomic E-state index is -1.16. The summed E-state index contributed by atoms with van der Waals surface area (Å²) in [6.45, 7) is -0.112. The van der Waals surface area contributed by atoms with Crippen LogP contribution in [0.5, 0.6) is 0 Å². The maximum absolute atomic E-state index is 12.1. The van der Waals surface area contributed by atoms with E-state index in [1.54, 1.807) is 24.3 Å². The standard InChI is InChI=1S/C15H12ClNO4/c16-11-5-6-12(15(20)21)13(7-11)17-14(19)10-3-1-9(8-18)2-4-10/h1-7,18H,8H2,(H,17,19)(H,20,21). The van der Waals surface area contributed by atoms with Crippen LogP contribution in [0.25, 0.3) is 0 Å². The minimum absolute atomic E-state index is 0.0419. The van der Waals surface area contributed by atoms with Crippen molar-refractivity contribution < 1.29 is 19.8 Å². The van der Waals surface area contributed by atoms with Gasteiger partial charge in [0, 0.05) is 10.6 Å². The highest BCUT2D eigenvalue weighted by Crippen LogP contribution is 2.22. The van der Waals surface area contributed by atoms with E-state index in [9.17, 15) is 9.59 Å². The molecule has 0 bridgehead atoms. The molecule has 0 aliphatic rings. The van der Waals surface area contributed by atoms with Gasteiger partial charge in [0.15, 0.2) is 0 Å². The molecule has 2 aromatic rings. The van der Waals surface area contributed by atoms with Crippen molar-refractivity contribution >= 4 is 29.2 Å². The van der Waals surface area contributed by atoms with Crippen molar-refractivity contribution in [2.75, 3.05) is 5.32 Å². The summed E-state index contributed by atoms with van der Waals surface area (Å²) >= 11 is 5.82. The summed E-state index contributed by atoms with van der Waals surface area (Å²) in [6.07, 6.45) is 0. The molecular formula is C15H12ClNO4. The molecule has 0 aromatic heterocycles. The van der Waals surface area contributed by atoms with E-state index in [1.165, 1.54) is 18.2 Å². The number of anilines is 1. The summed E-state index contributed by atoms with van der Waals surface area (Å²) in [5.74, 6) is -1.61. The van der Waals surface area contributed by atoms with Crippen molar-refractivity contribution in [1.82, 2.24) is 0 Å². The summed E-state index contributed by atoms with van der Waals surface area (Å²) in [5, 5.41) is 20.9. The number of aromatic carboxylic acids is 1. The molecule has 5 nitrogen and oxygen atoms in total. The Morgan fingerprint density at radius 3 is 2.33 bits per heavy atom. The number of halogens is 1. The van der Waals surface area contributed by atoms with E-state index in [0.717, 1.165) is 0 Å². The number of benzene rings is 2. The fourth-order valence-electron chi connectivity index (χ4n) is 1.76. The maximum atomic E-state index is 12.1. The normalized spacial score (nSPS) is 10.2. The van der Waals surface area contributed by atoms with Crippen molar-refractivity contribution in [2.24, 2.45) is 0 Å². The molecular weight excluding hydrogens is 294 g/mol. The number of carbonyl (C=O) groups is 2. The van der Waals surface area contributed by atoms with Crippen LogP contribution in [-0.2, 0) is 6.61 Å². The van der Waals surface area contributed by atoms with Crippen LogP contribution in [0.4, 0.5) is 5.69 Å². The van der Waals surface area contributed by atoms with Crippen LogP contribution < -0.4 is 5.32 Å². The number of nitrogens with one attached hydrogen (secondary N) is 1. The summed E-state index contributed by atoms with van der Waals surface area (Å²) in [4.78, 5) is 23.2. The van der Waals surface area contributed by atoms with Crippen LogP contribution in [0.1, 0.15) is 26.3 Å². The molecule has 21 heavy (non-hydrogen) atoms. The van der Waals surface area contributed by atoms with E-state index in [-0.39, 0.29) is 17.9 Å². The summed E-state index contributed by atoms with van der Waals surface area (Å²) in [7, 11) is 0. The smallest absolute Gasteiger partial charge is 0.337 e. The average Bonchev–Trinajstić information content (AvgIpc) is 2.47. The second kappa shape index (κ2) is 6.39. The number of aliphatic hydroxyl groups excluding tert-OH is 1. The van der Waals surface area contributed by atoms with Gasteiger partial charge in [0.25, 0.3) is 5.91 Å². The summed E-state index contributed by atoms with van der Waals surface area (Å²) in [6, 6.07) is 10.5. The highest BCUT2D eigenvalue weighted by molar-refractivity contribution is 6.31. The first-order chi connectivity index (χ1) is 10.0. The maximum Gasteiger partial charge on any atom is 0.337 e. The van der Waals surface area contributed by atoms with E-state index in [4.69, 9.17) is 21.8 Å². The van der Waals surface area contributed by atoms with Crippen LogP contribution in [0.15, 0.2) is 42.5 Å². The molecule has 0 fully saturated rings. The molecule has 0 saturated carbocycles. The van der Waals surface area contributed by atoms with Crippen LogP contribution in [-0.4, -0.2) is 22.1 Å². The van der Waals surface area contributed by atoms with Gasteiger partial charge in [-0.25, -0.2) is 4.79 Å². The lowest BCUT2D eigenvalue weighted by molar-refractivity contribution is 0.0698. The second-order valence-corrected chi connectivity index (χ2v) is 4.74. The van der Waals surface area contributed by atoms with Gasteiger partial charge in [0.2, 0.25) is 0 Å². The summed E-state index contributed by atoms with van der Waals surface area (Å²) in [5.41, 5.74) is 1.12. The zero-order chi connectivity index (χ0) is 15.4. The lowest BCUT2D eigenvalue weighted by Crippen LogP contribution is -2.14. The molecule has 2 rings (SSSR count). The highest BCUT2D eigenvalue weighted by Gasteiger charge is 2.14. The molecule has 0 aliphatic carbocycles. The first-order valence-electron chi connectivity index (χ1n) is 6.05. The molecule has 108 valence electrons. The van der Waals surface area contributed by atoms with E-state index in [1.807, 2.05) is 0 Å². The van der Waals surface area contributed by atoms with Crippen molar-refractivity contribution in [1.29, 1.82) is 0 Å². The fraction of sp³-hybridized carbons (Fsp3) is 0.0667. The molecule has 2 aromatic carbocycles. The first kappa shape index (κ1) is 15.0. The molecule has 0 unspecified atom stereocenters. The third kappa shape index (κ3) is 3.59. The molecule has 3 N–H and O–H groups in total. The number of hydrogen-bond acceptors (Lipinski definition) is 3. The van der Waals surface area contributed by atoms with E-state index in [0.29, 0.717) is 16.1 Å². The molecule has 0 spiro atoms. The Labute approximate surface area is 125 Å². The molecule has 0 aliphatic heterocycles. The van der Waals surface area contributed by atoms with Crippen LogP contribution in [0, 0.1) is 0 Å². The van der Waals surface area contributed by atoms with Gasteiger partial charge in [-0.2, -0.15) is 0 Å². The molecule has 0 heterocycles. The summed E-state index contributed by atoms with van der Waals surface area (Å²) < 4.78 is 0. The zero-order valence-electron chi connectivity index (χ0n) is 10.8. The number of aliphatic hydroxyl groups is 1. The van der Waals surface area contributed by atoms with Gasteiger partial charge < -0.3 is 15.5 Å². The predicted molar refractivity (Wildman–Crippen MR) is 78.7 cm³/mol. The third-order valence-electron chi connectivity index (χ3n) is 2.86. The SMILES string of the molecule is O=C(Nc1cc(Cl)ccc1C(=O)O)c1ccc(CO)cc1. The molecule has 6 heteroatoms. The van der Waals surface area contributed by atoms with Crippen LogP contribution >= 0.6 is 11.6 Å². The Morgan fingerprint density at radius 2 is 1.76 bits per heavy atom. The Balaban J connectivity index is 2.26. The van der Waals surface area contributed by atoms with Crippen LogP contribution in [0.3, 0.4) is 0 Å². The third-order valence-corrected chi connectivity index (χ3v) is 3.09. The zero-order valence-corrected chi connectivity index (χ0v) is 11.6. The Bertz CT molecular complexity index is 683. The first-order valence-corrected chi connectivity index (χ1v) is 6.43. The molecule has 0 saturated heterocycles. The number of hydrogen-bond donors (Lipinski definition) is 3. The Morgan fingerprint density at radius 1 is 1.10 bits per heavy atom. The van der Waals surface area contributed by atoms with Gasteiger partial charge in [-0.05, 0) is 35.9 Å². The van der Waals surface area contributed by atoms with Crippen LogP contribution in [0.2, 0.25) is 5.02 Å². The van der Waals surface area contributed by atoms with Gasteiger partial charge in [0.05, 0.1) is 17.9 Å². The largest absolute Gasteiger partial charge is 0.478 e. The van der Waals surface area contributed by atoms with Gasteiger partial charge in [-0.3, -0.25) is 4.79 Å². The van der Waals surface area contributed by atoms with Crippen molar-refractivity contribution in [2.45, 2.75) is 6.61 Å². The number of carbonyl (C=O) groups excluding carboxylic acids is 1. The highest BCUT2D eigenvalue weighted by atomic mass is 35.5. The number of carboxylic acids is 1. The van der Waals surface area contributed by atoms with Crippen molar-refractivity contribution in [3.8, 4) is 0 Å². The Hall–Kier alpha value is -2.37. The molecule has 0 radical (unpaired) electrons. The van der Waals surface area contributed by atoms with E-state index in [2.05, 4.69) is 5.32 Å². The topological polar surface area (TPSA) is 86.6 Å². The van der Waals surface area contributed by atoms with Gasteiger partial charge >= 0.3 is 5.97 Å². The fourth-order valence-corrected chi connectivity index (χ4v) is 1.93. The van der Waals surface area contributed by atoms with Crippen molar-refractivity contribution in [3.05, 3.63) is 64.2 Å². The Kier molecular flexibility index (Phi) is 4.57. The minimum Gasteiger partial charge on any atom is -0.478 e. The van der Waals surface area contributed by atoms with Gasteiger partial charge in [0.1, 0.15) is 0 Å². The van der Waals surface area contributed by atoms with Gasteiger partial charge in [-0.15, -0.1) is 0 Å². The number of rotatable bonds is 4. The monoisotopic (exact) mass is 305 g/mol. The van der Waals surface area contributed by atoms with Crippen molar-refractivity contribution in [3.63, 3.8) is 0 Å². The molecule has 1 amide bonds.